The van der Waals surface area contributed by atoms with Crippen molar-refractivity contribution < 1.29 is 32.1 Å². The predicted molar refractivity (Wildman–Crippen MR) is 108 cm³/mol. The van der Waals surface area contributed by atoms with E-state index in [1.807, 2.05) is 0 Å². The number of ether oxygens (including phenoxy) is 1. The first-order chi connectivity index (χ1) is 14.0. The Balaban J connectivity index is 2.09. The van der Waals surface area contributed by atoms with E-state index >= 15 is 0 Å². The third kappa shape index (κ3) is 3.70. The van der Waals surface area contributed by atoms with Crippen molar-refractivity contribution in [2.75, 3.05) is 24.2 Å². The molecule has 3 rings (SSSR count). The van der Waals surface area contributed by atoms with Gasteiger partial charge < -0.3 is 15.8 Å². The standard InChI is InChI=1S/C20H18N2O7S/c1-10(2)20(25)29-8-7-22-13-9-14(30(26,27)28)17(21)16-15(13)18(23)11-5-3-4-6-12(11)19(16)24/h3-6,9,22H,1,7-8,21H2,2H3,(H,26,27,28). The van der Waals surface area contributed by atoms with Gasteiger partial charge in [-0.15, -0.1) is 0 Å². The fourth-order valence-corrected chi connectivity index (χ4v) is 3.75. The molecule has 1 aliphatic carbocycles. The number of nitrogen functional groups attached to an aromatic ring is 1. The highest BCUT2D eigenvalue weighted by atomic mass is 32.2. The summed E-state index contributed by atoms with van der Waals surface area (Å²) < 4.78 is 38.1. The van der Waals surface area contributed by atoms with E-state index in [0.717, 1.165) is 6.07 Å². The fraction of sp³-hybridized carbons (Fsp3) is 0.150. The second kappa shape index (κ2) is 7.73. The zero-order valence-electron chi connectivity index (χ0n) is 15.9. The van der Waals surface area contributed by atoms with Gasteiger partial charge in [-0.25, -0.2) is 4.79 Å². The van der Waals surface area contributed by atoms with Crippen LogP contribution in [0.15, 0.2) is 47.4 Å². The molecular formula is C20H18N2O7S. The highest BCUT2D eigenvalue weighted by molar-refractivity contribution is 7.86. The van der Waals surface area contributed by atoms with Crippen LogP contribution in [0, 0.1) is 0 Å². The Labute approximate surface area is 172 Å². The number of hydrogen-bond acceptors (Lipinski definition) is 8. The van der Waals surface area contributed by atoms with Crippen molar-refractivity contribution in [1.82, 2.24) is 0 Å². The molecule has 0 atom stereocenters. The Bertz CT molecular complexity index is 1220. The summed E-state index contributed by atoms with van der Waals surface area (Å²) in [5.74, 6) is -1.79. The van der Waals surface area contributed by atoms with Gasteiger partial charge in [0, 0.05) is 28.9 Å². The summed E-state index contributed by atoms with van der Waals surface area (Å²) >= 11 is 0. The molecule has 0 radical (unpaired) electrons. The maximum absolute atomic E-state index is 13.1. The Morgan fingerprint density at radius 3 is 2.27 bits per heavy atom. The molecule has 2 aromatic carbocycles. The summed E-state index contributed by atoms with van der Waals surface area (Å²) in [6, 6.07) is 7.04. The average Bonchev–Trinajstić information content (AvgIpc) is 2.68. The number of rotatable bonds is 6. The van der Waals surface area contributed by atoms with E-state index in [4.69, 9.17) is 10.5 Å². The van der Waals surface area contributed by atoms with Crippen LogP contribution in [0.5, 0.6) is 0 Å². The topological polar surface area (TPSA) is 153 Å². The lowest BCUT2D eigenvalue weighted by atomic mass is 9.82. The van der Waals surface area contributed by atoms with Crippen molar-refractivity contribution in [2.24, 2.45) is 0 Å². The Hall–Kier alpha value is -3.50. The van der Waals surface area contributed by atoms with Gasteiger partial charge in [-0.2, -0.15) is 8.42 Å². The minimum atomic E-state index is -4.79. The fourth-order valence-electron chi connectivity index (χ4n) is 3.10. The number of benzene rings is 2. The van der Waals surface area contributed by atoms with E-state index in [2.05, 4.69) is 11.9 Å². The van der Waals surface area contributed by atoms with E-state index in [9.17, 15) is 27.4 Å². The summed E-state index contributed by atoms with van der Waals surface area (Å²) in [5, 5.41) is 2.78. The van der Waals surface area contributed by atoms with Crippen LogP contribution < -0.4 is 11.1 Å². The lowest BCUT2D eigenvalue weighted by molar-refractivity contribution is -0.138. The number of fused-ring (bicyclic) bond motifs is 2. The maximum Gasteiger partial charge on any atom is 0.333 e. The van der Waals surface area contributed by atoms with E-state index < -0.39 is 38.2 Å². The van der Waals surface area contributed by atoms with Gasteiger partial charge in [0.05, 0.1) is 16.8 Å². The van der Waals surface area contributed by atoms with Crippen molar-refractivity contribution in [2.45, 2.75) is 11.8 Å². The second-order valence-electron chi connectivity index (χ2n) is 6.61. The number of carbonyl (C=O) groups excluding carboxylic acids is 3. The minimum absolute atomic E-state index is 0.0105. The quantitative estimate of drug-likeness (QED) is 0.175. The first-order valence-electron chi connectivity index (χ1n) is 8.73. The molecule has 0 saturated carbocycles. The molecule has 9 nitrogen and oxygen atoms in total. The van der Waals surface area contributed by atoms with E-state index in [1.165, 1.54) is 19.1 Å². The molecule has 0 aliphatic heterocycles. The first kappa shape index (κ1) is 21.2. The van der Waals surface area contributed by atoms with Crippen LogP contribution in [-0.4, -0.2) is 43.7 Å². The molecule has 0 unspecified atom stereocenters. The molecule has 4 N–H and O–H groups in total. The summed E-state index contributed by atoms with van der Waals surface area (Å²) in [5.41, 5.74) is 5.32. The number of ketones is 2. The number of esters is 1. The van der Waals surface area contributed by atoms with Crippen LogP contribution in [0.3, 0.4) is 0 Å². The number of hydrogen-bond donors (Lipinski definition) is 3. The van der Waals surface area contributed by atoms with Crippen molar-refractivity contribution in [1.29, 1.82) is 0 Å². The Morgan fingerprint density at radius 2 is 1.73 bits per heavy atom. The van der Waals surface area contributed by atoms with Crippen LogP contribution in [0.4, 0.5) is 11.4 Å². The zero-order valence-corrected chi connectivity index (χ0v) is 16.7. The number of nitrogens with one attached hydrogen (secondary N) is 1. The molecule has 0 aromatic heterocycles. The van der Waals surface area contributed by atoms with Crippen molar-refractivity contribution in [3.05, 3.63) is 64.7 Å². The van der Waals surface area contributed by atoms with Gasteiger partial charge >= 0.3 is 5.97 Å². The summed E-state index contributed by atoms with van der Waals surface area (Å²) in [6.45, 7) is 4.80. The SMILES string of the molecule is C=C(C)C(=O)OCCNc1cc(S(=O)(=O)O)c(N)c2c1C(=O)c1ccccc1C2=O. The number of anilines is 2. The monoisotopic (exact) mass is 430 g/mol. The maximum atomic E-state index is 13.1. The molecule has 10 heteroatoms. The minimum Gasteiger partial charge on any atom is -0.460 e. The molecule has 0 spiro atoms. The Morgan fingerprint density at radius 1 is 1.17 bits per heavy atom. The molecule has 0 bridgehead atoms. The third-order valence-electron chi connectivity index (χ3n) is 4.48. The van der Waals surface area contributed by atoms with Crippen molar-refractivity contribution >= 4 is 39.0 Å². The Kier molecular flexibility index (Phi) is 5.47. The van der Waals surface area contributed by atoms with Gasteiger partial charge in [-0.05, 0) is 13.0 Å². The summed E-state index contributed by atoms with van der Waals surface area (Å²) in [4.78, 5) is 36.8. The molecule has 0 fully saturated rings. The van der Waals surface area contributed by atoms with Crippen LogP contribution in [0.25, 0.3) is 0 Å². The lowest BCUT2D eigenvalue weighted by Crippen LogP contribution is -2.26. The van der Waals surface area contributed by atoms with Gasteiger partial charge in [0.1, 0.15) is 11.5 Å². The van der Waals surface area contributed by atoms with Crippen LogP contribution in [0.1, 0.15) is 38.8 Å². The highest BCUT2D eigenvalue weighted by Crippen LogP contribution is 2.38. The van der Waals surface area contributed by atoms with E-state index in [-0.39, 0.29) is 46.7 Å². The largest absolute Gasteiger partial charge is 0.460 e. The normalized spacial score (nSPS) is 12.7. The molecule has 1 aliphatic rings. The molecular weight excluding hydrogens is 412 g/mol. The predicted octanol–water partition coefficient (Wildman–Crippen LogP) is 1.82. The van der Waals surface area contributed by atoms with Crippen molar-refractivity contribution in [3.8, 4) is 0 Å². The van der Waals surface area contributed by atoms with Gasteiger partial charge in [-0.1, -0.05) is 30.8 Å². The van der Waals surface area contributed by atoms with Gasteiger partial charge in [-0.3, -0.25) is 14.1 Å². The zero-order chi connectivity index (χ0) is 22.2. The first-order valence-corrected chi connectivity index (χ1v) is 10.2. The molecule has 0 saturated heterocycles. The second-order valence-corrected chi connectivity index (χ2v) is 8.00. The molecule has 0 amide bonds. The summed E-state index contributed by atoms with van der Waals surface area (Å²) in [7, 11) is -4.79. The lowest BCUT2D eigenvalue weighted by Gasteiger charge is -2.23. The van der Waals surface area contributed by atoms with Gasteiger partial charge in [0.15, 0.2) is 11.6 Å². The molecule has 30 heavy (non-hydrogen) atoms. The molecule has 0 heterocycles. The van der Waals surface area contributed by atoms with Crippen LogP contribution >= 0.6 is 0 Å². The number of carbonyl (C=O) groups is 3. The smallest absolute Gasteiger partial charge is 0.333 e. The van der Waals surface area contributed by atoms with Gasteiger partial charge in [0.25, 0.3) is 10.1 Å². The third-order valence-corrected chi connectivity index (χ3v) is 5.37. The van der Waals surface area contributed by atoms with Crippen molar-refractivity contribution in [3.63, 3.8) is 0 Å². The van der Waals surface area contributed by atoms with Crippen LogP contribution in [-0.2, 0) is 19.6 Å². The molecule has 156 valence electrons. The van der Waals surface area contributed by atoms with Crippen LogP contribution in [0.2, 0.25) is 0 Å². The van der Waals surface area contributed by atoms with Gasteiger partial charge in [0.2, 0.25) is 0 Å². The molecule has 2 aromatic rings. The average molecular weight is 430 g/mol. The number of nitrogens with two attached hydrogens (primary N) is 1. The summed E-state index contributed by atoms with van der Waals surface area (Å²) in [6.07, 6.45) is 0. The highest BCUT2D eigenvalue weighted by Gasteiger charge is 2.36. The van der Waals surface area contributed by atoms with E-state index in [0.29, 0.717) is 0 Å². The van der Waals surface area contributed by atoms with E-state index in [1.54, 1.807) is 12.1 Å².